The Hall–Kier alpha value is -0.570. The number of hydrogen-bond donors (Lipinski definition) is 1. The van der Waals surface area contributed by atoms with E-state index in [4.69, 9.17) is 11.6 Å². The van der Waals surface area contributed by atoms with Crippen molar-refractivity contribution in [3.63, 3.8) is 0 Å². The van der Waals surface area contributed by atoms with Crippen LogP contribution in [0.5, 0.6) is 0 Å². The summed E-state index contributed by atoms with van der Waals surface area (Å²) in [5.74, 6) is 0. The van der Waals surface area contributed by atoms with Crippen molar-refractivity contribution in [1.82, 2.24) is 10.2 Å². The van der Waals surface area contributed by atoms with Gasteiger partial charge in [0.25, 0.3) is 0 Å². The first-order chi connectivity index (χ1) is 8.25. The number of nitrogens with one attached hydrogen (secondary N) is 1. The zero-order valence-electron chi connectivity index (χ0n) is 10.5. The van der Waals surface area contributed by atoms with Gasteiger partial charge in [0.05, 0.1) is 0 Å². The van der Waals surface area contributed by atoms with Crippen molar-refractivity contribution in [3.8, 4) is 0 Å². The first-order valence-corrected chi connectivity index (χ1v) is 6.83. The van der Waals surface area contributed by atoms with Crippen LogP contribution < -0.4 is 5.32 Å². The molecule has 0 radical (unpaired) electrons. The number of hydrogen-bond acceptors (Lipinski definition) is 2. The minimum atomic E-state index is 0.636. The van der Waals surface area contributed by atoms with Crippen LogP contribution >= 0.6 is 11.6 Å². The average molecular weight is 253 g/mol. The molecule has 0 aliphatic carbocycles. The molecule has 0 saturated carbocycles. The van der Waals surface area contributed by atoms with E-state index < -0.39 is 0 Å². The van der Waals surface area contributed by atoms with Gasteiger partial charge < -0.3 is 5.32 Å². The second-order valence-electron chi connectivity index (χ2n) is 4.85. The van der Waals surface area contributed by atoms with Crippen molar-refractivity contribution >= 4 is 11.6 Å². The smallest absolute Gasteiger partial charge is 0.0409 e. The van der Waals surface area contributed by atoms with Crippen molar-refractivity contribution in [2.45, 2.75) is 32.4 Å². The fourth-order valence-corrected chi connectivity index (χ4v) is 2.60. The van der Waals surface area contributed by atoms with Crippen LogP contribution in [0.15, 0.2) is 24.3 Å². The van der Waals surface area contributed by atoms with Gasteiger partial charge in [-0.15, -0.1) is 0 Å². The second kappa shape index (κ2) is 6.39. The summed E-state index contributed by atoms with van der Waals surface area (Å²) in [6, 6.07) is 8.69. The Balaban J connectivity index is 1.71. The predicted molar refractivity (Wildman–Crippen MR) is 73.4 cm³/mol. The molecule has 0 spiro atoms. The van der Waals surface area contributed by atoms with Crippen molar-refractivity contribution < 1.29 is 0 Å². The van der Waals surface area contributed by atoms with E-state index >= 15 is 0 Å². The Kier molecular flexibility index (Phi) is 4.84. The molecule has 1 fully saturated rings. The van der Waals surface area contributed by atoms with Crippen LogP contribution in [0, 0.1) is 0 Å². The summed E-state index contributed by atoms with van der Waals surface area (Å²) < 4.78 is 0. The largest absolute Gasteiger partial charge is 0.311 e. The Morgan fingerprint density at radius 1 is 1.35 bits per heavy atom. The van der Waals surface area contributed by atoms with Crippen LogP contribution in [0.3, 0.4) is 0 Å². The number of nitrogens with zero attached hydrogens (tertiary/aromatic N) is 1. The molecule has 1 heterocycles. The number of rotatable bonds is 5. The maximum Gasteiger partial charge on any atom is 0.0409 e. The summed E-state index contributed by atoms with van der Waals surface area (Å²) in [4.78, 5) is 2.56. The minimum Gasteiger partial charge on any atom is -0.311 e. The number of halogens is 1. The van der Waals surface area contributed by atoms with Crippen molar-refractivity contribution in [3.05, 3.63) is 34.9 Å². The van der Waals surface area contributed by atoms with Crippen LogP contribution in [-0.4, -0.2) is 30.6 Å². The van der Waals surface area contributed by atoms with Crippen LogP contribution in [0.4, 0.5) is 0 Å². The van der Waals surface area contributed by atoms with E-state index in [9.17, 15) is 0 Å². The maximum absolute atomic E-state index is 5.95. The van der Waals surface area contributed by atoms with E-state index in [0.29, 0.717) is 6.04 Å². The molecular formula is C14H21ClN2. The fourth-order valence-electron chi connectivity index (χ4n) is 2.38. The molecule has 1 saturated heterocycles. The topological polar surface area (TPSA) is 15.3 Å². The van der Waals surface area contributed by atoms with Gasteiger partial charge >= 0.3 is 0 Å². The van der Waals surface area contributed by atoms with E-state index in [1.165, 1.54) is 31.5 Å². The lowest BCUT2D eigenvalue weighted by Crippen LogP contribution is -2.38. The van der Waals surface area contributed by atoms with Gasteiger partial charge in [0.1, 0.15) is 0 Å². The third kappa shape index (κ3) is 3.98. The molecule has 2 nitrogen and oxygen atoms in total. The summed E-state index contributed by atoms with van der Waals surface area (Å²) in [5, 5.41) is 4.32. The summed E-state index contributed by atoms with van der Waals surface area (Å²) >= 11 is 5.95. The molecule has 1 N–H and O–H groups in total. The highest BCUT2D eigenvalue weighted by molar-refractivity contribution is 6.30. The Morgan fingerprint density at radius 3 is 2.82 bits per heavy atom. The maximum atomic E-state index is 5.95. The SMILES string of the molecule is CC(CNCc1cccc(Cl)c1)N1CCCC1. The molecule has 1 aliphatic rings. The van der Waals surface area contributed by atoms with Gasteiger partial charge in [-0.25, -0.2) is 0 Å². The Bertz CT molecular complexity index is 348. The van der Waals surface area contributed by atoms with Crippen molar-refractivity contribution in [1.29, 1.82) is 0 Å². The highest BCUT2D eigenvalue weighted by atomic mass is 35.5. The summed E-state index contributed by atoms with van der Waals surface area (Å²) in [6.07, 6.45) is 2.72. The van der Waals surface area contributed by atoms with E-state index in [1.54, 1.807) is 0 Å². The lowest BCUT2D eigenvalue weighted by Gasteiger charge is -2.23. The highest BCUT2D eigenvalue weighted by Gasteiger charge is 2.17. The zero-order valence-corrected chi connectivity index (χ0v) is 11.2. The summed E-state index contributed by atoms with van der Waals surface area (Å²) in [5.41, 5.74) is 1.26. The molecule has 17 heavy (non-hydrogen) atoms. The fraction of sp³-hybridized carbons (Fsp3) is 0.571. The van der Waals surface area contributed by atoms with Crippen LogP contribution in [0.1, 0.15) is 25.3 Å². The Labute approximate surface area is 109 Å². The van der Waals surface area contributed by atoms with Crippen LogP contribution in [0.2, 0.25) is 5.02 Å². The van der Waals surface area contributed by atoms with E-state index in [-0.39, 0.29) is 0 Å². The lowest BCUT2D eigenvalue weighted by molar-refractivity contribution is 0.251. The van der Waals surface area contributed by atoms with E-state index in [0.717, 1.165) is 18.1 Å². The molecule has 1 aromatic rings. The number of benzene rings is 1. The minimum absolute atomic E-state index is 0.636. The first-order valence-electron chi connectivity index (χ1n) is 6.45. The van der Waals surface area contributed by atoms with Crippen molar-refractivity contribution in [2.75, 3.05) is 19.6 Å². The van der Waals surface area contributed by atoms with Gasteiger partial charge in [-0.3, -0.25) is 4.90 Å². The third-order valence-electron chi connectivity index (χ3n) is 3.42. The standard InChI is InChI=1S/C14H21ClN2/c1-12(17-7-2-3-8-17)10-16-11-13-5-4-6-14(15)9-13/h4-6,9,12,16H,2-3,7-8,10-11H2,1H3. The van der Waals surface area contributed by atoms with Gasteiger partial charge in [-0.05, 0) is 50.6 Å². The molecule has 1 atom stereocenters. The average Bonchev–Trinajstić information content (AvgIpc) is 2.82. The van der Waals surface area contributed by atoms with Crippen LogP contribution in [0.25, 0.3) is 0 Å². The molecule has 0 bridgehead atoms. The second-order valence-corrected chi connectivity index (χ2v) is 5.29. The van der Waals surface area contributed by atoms with E-state index in [1.807, 2.05) is 18.2 Å². The lowest BCUT2D eigenvalue weighted by atomic mass is 10.2. The third-order valence-corrected chi connectivity index (χ3v) is 3.66. The van der Waals surface area contributed by atoms with Gasteiger partial charge in [-0.2, -0.15) is 0 Å². The normalized spacial score (nSPS) is 18.5. The highest BCUT2D eigenvalue weighted by Crippen LogP contribution is 2.12. The van der Waals surface area contributed by atoms with Gasteiger partial charge in [-0.1, -0.05) is 23.7 Å². The molecule has 1 aliphatic heterocycles. The molecule has 94 valence electrons. The zero-order chi connectivity index (χ0) is 12.1. The quantitative estimate of drug-likeness (QED) is 0.867. The monoisotopic (exact) mass is 252 g/mol. The molecular weight excluding hydrogens is 232 g/mol. The van der Waals surface area contributed by atoms with Crippen molar-refractivity contribution in [2.24, 2.45) is 0 Å². The predicted octanol–water partition coefficient (Wildman–Crippen LogP) is 2.91. The molecule has 3 heteroatoms. The van der Waals surface area contributed by atoms with E-state index in [2.05, 4.69) is 23.2 Å². The molecule has 0 aromatic heterocycles. The summed E-state index contributed by atoms with van der Waals surface area (Å²) in [7, 11) is 0. The van der Waals surface area contributed by atoms with Crippen LogP contribution in [-0.2, 0) is 6.54 Å². The number of likely N-dealkylation sites (tertiary alicyclic amines) is 1. The van der Waals surface area contributed by atoms with Gasteiger partial charge in [0.15, 0.2) is 0 Å². The van der Waals surface area contributed by atoms with Gasteiger partial charge in [0.2, 0.25) is 0 Å². The molecule has 1 aromatic carbocycles. The molecule has 1 unspecified atom stereocenters. The first kappa shape index (κ1) is 12.9. The summed E-state index contributed by atoms with van der Waals surface area (Å²) in [6.45, 7) is 6.78. The molecule has 2 rings (SSSR count). The Morgan fingerprint density at radius 2 is 2.12 bits per heavy atom. The van der Waals surface area contributed by atoms with Gasteiger partial charge in [0, 0.05) is 24.2 Å². The molecule has 0 amide bonds.